The molecule has 0 unspecified atom stereocenters. The second-order valence-electron chi connectivity index (χ2n) is 6.88. The van der Waals surface area contributed by atoms with E-state index in [0.29, 0.717) is 22.5 Å². The number of aromatic nitrogens is 1. The van der Waals surface area contributed by atoms with Crippen molar-refractivity contribution in [2.75, 3.05) is 5.32 Å². The molecule has 0 aliphatic carbocycles. The average Bonchev–Trinajstić information content (AvgIpc) is 3.00. The number of benzene rings is 2. The van der Waals surface area contributed by atoms with Gasteiger partial charge in [0.25, 0.3) is 11.6 Å². The number of anilines is 1. The highest BCUT2D eigenvalue weighted by Gasteiger charge is 2.17. The van der Waals surface area contributed by atoms with E-state index in [1.807, 2.05) is 42.7 Å². The maximum Gasteiger partial charge on any atom is 0.274 e. The van der Waals surface area contributed by atoms with Crippen molar-refractivity contribution in [1.29, 1.82) is 5.26 Å². The molecular weight excluding hydrogens is 380 g/mol. The van der Waals surface area contributed by atoms with E-state index in [4.69, 9.17) is 0 Å². The van der Waals surface area contributed by atoms with Crippen LogP contribution in [0.2, 0.25) is 0 Å². The number of nitro benzene ring substituents is 1. The highest BCUT2D eigenvalue weighted by atomic mass is 16.6. The molecule has 150 valence electrons. The van der Waals surface area contributed by atoms with Gasteiger partial charge in [-0.3, -0.25) is 14.9 Å². The summed E-state index contributed by atoms with van der Waals surface area (Å²) in [7, 11) is 0. The van der Waals surface area contributed by atoms with Crippen LogP contribution in [0.1, 0.15) is 22.5 Å². The predicted octanol–water partition coefficient (Wildman–Crippen LogP) is 4.86. The molecule has 0 saturated carbocycles. The molecule has 7 nitrogen and oxygen atoms in total. The molecule has 0 spiro atoms. The largest absolute Gasteiger partial charge is 0.321 e. The van der Waals surface area contributed by atoms with Crippen molar-refractivity contribution < 1.29 is 9.72 Å². The van der Waals surface area contributed by atoms with E-state index in [9.17, 15) is 20.2 Å². The lowest BCUT2D eigenvalue weighted by atomic mass is 10.1. The number of nitriles is 1. The molecule has 0 atom stereocenters. The number of carbonyl (C=O) groups is 1. The zero-order valence-electron chi connectivity index (χ0n) is 16.8. The summed E-state index contributed by atoms with van der Waals surface area (Å²) in [5.74, 6) is -0.500. The maximum atomic E-state index is 12.5. The molecule has 2 aromatic carbocycles. The number of nitrogens with zero attached hydrogens (tertiary/aromatic N) is 3. The molecule has 30 heavy (non-hydrogen) atoms. The monoisotopic (exact) mass is 400 g/mol. The fraction of sp³-hybridized carbons (Fsp3) is 0.130. The number of hydrogen-bond donors (Lipinski definition) is 1. The number of hydrogen-bond acceptors (Lipinski definition) is 4. The van der Waals surface area contributed by atoms with Gasteiger partial charge >= 0.3 is 0 Å². The van der Waals surface area contributed by atoms with Crippen molar-refractivity contribution in [2.24, 2.45) is 0 Å². The molecule has 0 fully saturated rings. The molecule has 0 radical (unpaired) electrons. The minimum absolute atomic E-state index is 0.0333. The Hall–Kier alpha value is -4.18. The van der Waals surface area contributed by atoms with Gasteiger partial charge in [-0.15, -0.1) is 0 Å². The lowest BCUT2D eigenvalue weighted by Crippen LogP contribution is -2.13. The second-order valence-corrected chi connectivity index (χ2v) is 6.88. The third-order valence-corrected chi connectivity index (χ3v) is 4.81. The molecule has 0 saturated heterocycles. The Labute approximate surface area is 174 Å². The van der Waals surface area contributed by atoms with Crippen molar-refractivity contribution in [2.45, 2.75) is 20.8 Å². The molecule has 1 heterocycles. The number of rotatable bonds is 5. The van der Waals surface area contributed by atoms with Crippen LogP contribution < -0.4 is 5.32 Å². The van der Waals surface area contributed by atoms with E-state index in [0.717, 1.165) is 11.4 Å². The third-order valence-electron chi connectivity index (χ3n) is 4.81. The Bertz CT molecular complexity index is 1200. The molecule has 0 aliphatic rings. The first kappa shape index (κ1) is 20.6. The Balaban J connectivity index is 1.98. The summed E-state index contributed by atoms with van der Waals surface area (Å²) >= 11 is 0. The zero-order chi connectivity index (χ0) is 21.8. The third kappa shape index (κ3) is 4.13. The fourth-order valence-electron chi connectivity index (χ4n) is 3.29. The summed E-state index contributed by atoms with van der Waals surface area (Å²) in [6, 6.07) is 17.7. The SMILES string of the molecule is Cc1ccc(-n2c(C)cc(/C=C(\C#N)C(=O)Nc3ccccc3)c2C)cc1[N+](=O)[O-]. The van der Waals surface area contributed by atoms with Crippen LogP contribution in [-0.2, 0) is 4.79 Å². The van der Waals surface area contributed by atoms with E-state index < -0.39 is 10.8 Å². The van der Waals surface area contributed by atoms with Crippen LogP contribution >= 0.6 is 0 Å². The molecule has 3 aromatic rings. The number of amides is 1. The van der Waals surface area contributed by atoms with Crippen LogP contribution in [0.15, 0.2) is 60.2 Å². The summed E-state index contributed by atoms with van der Waals surface area (Å²) in [5, 5.41) is 23.5. The lowest BCUT2D eigenvalue weighted by Gasteiger charge is -2.10. The Kier molecular flexibility index (Phi) is 5.79. The van der Waals surface area contributed by atoms with E-state index in [-0.39, 0.29) is 11.3 Å². The molecule has 1 N–H and O–H groups in total. The van der Waals surface area contributed by atoms with Crippen molar-refractivity contribution >= 4 is 23.4 Å². The van der Waals surface area contributed by atoms with Gasteiger partial charge in [0.15, 0.2) is 0 Å². The first-order chi connectivity index (χ1) is 14.3. The predicted molar refractivity (Wildman–Crippen MR) is 115 cm³/mol. The van der Waals surface area contributed by atoms with Crippen LogP contribution in [0.5, 0.6) is 0 Å². The van der Waals surface area contributed by atoms with Gasteiger partial charge in [0.05, 0.1) is 10.6 Å². The minimum Gasteiger partial charge on any atom is -0.321 e. The summed E-state index contributed by atoms with van der Waals surface area (Å²) in [6.45, 7) is 5.40. The smallest absolute Gasteiger partial charge is 0.274 e. The van der Waals surface area contributed by atoms with Gasteiger partial charge in [-0.2, -0.15) is 5.26 Å². The minimum atomic E-state index is -0.500. The normalized spacial score (nSPS) is 11.1. The molecule has 3 rings (SSSR count). The van der Waals surface area contributed by atoms with Gasteiger partial charge < -0.3 is 9.88 Å². The molecule has 1 aromatic heterocycles. The van der Waals surface area contributed by atoms with Gasteiger partial charge in [-0.1, -0.05) is 24.3 Å². The quantitative estimate of drug-likeness (QED) is 0.286. The van der Waals surface area contributed by atoms with Gasteiger partial charge in [0.2, 0.25) is 0 Å². The zero-order valence-corrected chi connectivity index (χ0v) is 16.8. The Morgan fingerprint density at radius 3 is 2.47 bits per heavy atom. The molecule has 0 bridgehead atoms. The molecule has 1 amide bonds. The van der Waals surface area contributed by atoms with E-state index in [1.165, 1.54) is 12.1 Å². The van der Waals surface area contributed by atoms with Crippen LogP contribution in [0, 0.1) is 42.2 Å². The maximum absolute atomic E-state index is 12.5. The average molecular weight is 400 g/mol. The standard InChI is InChI=1S/C23H20N4O3/c1-15-9-10-21(13-22(15)27(29)30)26-16(2)11-18(17(26)3)12-19(14-24)23(28)25-20-7-5-4-6-8-20/h4-13H,1-3H3,(H,25,28)/b19-12+. The van der Waals surface area contributed by atoms with Crippen molar-refractivity contribution in [1.82, 2.24) is 4.57 Å². The first-order valence-corrected chi connectivity index (χ1v) is 9.24. The summed E-state index contributed by atoms with van der Waals surface area (Å²) < 4.78 is 1.86. The molecule has 0 aliphatic heterocycles. The Morgan fingerprint density at radius 2 is 1.83 bits per heavy atom. The van der Waals surface area contributed by atoms with Crippen LogP contribution in [-0.4, -0.2) is 15.4 Å². The van der Waals surface area contributed by atoms with Crippen molar-refractivity contribution in [3.05, 3.63) is 92.8 Å². The van der Waals surface area contributed by atoms with Gasteiger partial charge in [0.1, 0.15) is 11.6 Å². The summed E-state index contributed by atoms with van der Waals surface area (Å²) in [5.41, 5.74) is 4.12. The summed E-state index contributed by atoms with van der Waals surface area (Å²) in [4.78, 5) is 23.4. The van der Waals surface area contributed by atoms with Crippen molar-refractivity contribution in [3.63, 3.8) is 0 Å². The van der Waals surface area contributed by atoms with E-state index >= 15 is 0 Å². The molecular formula is C23H20N4O3. The van der Waals surface area contributed by atoms with Crippen LogP contribution in [0.25, 0.3) is 11.8 Å². The number of nitrogens with one attached hydrogen (secondary N) is 1. The van der Waals surface area contributed by atoms with E-state index in [1.54, 1.807) is 37.3 Å². The number of aryl methyl sites for hydroxylation is 2. The highest BCUT2D eigenvalue weighted by molar-refractivity contribution is 6.09. The number of para-hydroxylation sites is 1. The fourth-order valence-corrected chi connectivity index (χ4v) is 3.29. The van der Waals surface area contributed by atoms with Gasteiger partial charge in [-0.25, -0.2) is 0 Å². The topological polar surface area (TPSA) is 101 Å². The number of nitro groups is 1. The second kappa shape index (κ2) is 8.45. The van der Waals surface area contributed by atoms with Gasteiger partial charge in [0, 0.05) is 28.7 Å². The van der Waals surface area contributed by atoms with E-state index in [2.05, 4.69) is 5.32 Å². The highest BCUT2D eigenvalue weighted by Crippen LogP contribution is 2.27. The van der Waals surface area contributed by atoms with Crippen LogP contribution in [0.3, 0.4) is 0 Å². The lowest BCUT2D eigenvalue weighted by molar-refractivity contribution is -0.385. The van der Waals surface area contributed by atoms with Gasteiger partial charge in [-0.05, 0) is 56.7 Å². The van der Waals surface area contributed by atoms with Crippen LogP contribution in [0.4, 0.5) is 11.4 Å². The van der Waals surface area contributed by atoms with Crippen molar-refractivity contribution in [3.8, 4) is 11.8 Å². The number of carbonyl (C=O) groups excluding carboxylic acids is 1. The summed E-state index contributed by atoms with van der Waals surface area (Å²) in [6.07, 6.45) is 1.53. The first-order valence-electron chi connectivity index (χ1n) is 9.24. The Morgan fingerprint density at radius 1 is 1.13 bits per heavy atom. The molecule has 7 heteroatoms.